The first-order valence-corrected chi connectivity index (χ1v) is 13.0. The van der Waals surface area contributed by atoms with Crippen LogP contribution in [0.3, 0.4) is 0 Å². The molecule has 0 aromatic rings. The molecule has 35 valence electrons. The first-order valence-electron chi connectivity index (χ1n) is 2.37. The van der Waals surface area contributed by atoms with Crippen LogP contribution in [0.15, 0.2) is 0 Å². The second kappa shape index (κ2) is 2.58. The summed E-state index contributed by atoms with van der Waals surface area (Å²) in [4.78, 5) is 0. The molecular formula is C4H12SiY. The molecule has 0 fully saturated rings. The van der Waals surface area contributed by atoms with Gasteiger partial charge in [0.05, 0.1) is 0 Å². The molecule has 0 aromatic heterocycles. The van der Waals surface area contributed by atoms with Gasteiger partial charge in [-0.3, -0.25) is 0 Å². The van der Waals surface area contributed by atoms with Gasteiger partial charge in [0.1, 0.15) is 0 Å². The monoisotopic (exact) mass is 177 g/mol. The van der Waals surface area contributed by atoms with Crippen LogP contribution in [-0.4, -0.2) is 4.09 Å². The average molecular weight is 177 g/mol. The Kier molecular flexibility index (Phi) is 3.15. The molecule has 0 aliphatic carbocycles. The quantitative estimate of drug-likeness (QED) is 0.537. The first-order chi connectivity index (χ1) is 2.56. The van der Waals surface area contributed by atoms with Crippen LogP contribution in [0.5, 0.6) is 0 Å². The third kappa shape index (κ3) is 5.32. The summed E-state index contributed by atoms with van der Waals surface area (Å²) in [6.45, 7) is 7.40. The zero-order valence-electron chi connectivity index (χ0n) is 5.08. The van der Waals surface area contributed by atoms with E-state index in [0.717, 1.165) is 0 Å². The topological polar surface area (TPSA) is 0 Å². The number of rotatable bonds is 1. The molecule has 0 spiro atoms. The Hall–Kier alpha value is 1.32. The minimum atomic E-state index is -0.441. The second-order valence-corrected chi connectivity index (χ2v) is 25.0. The van der Waals surface area contributed by atoms with Gasteiger partial charge in [0.15, 0.2) is 0 Å². The molecule has 0 heterocycles. The number of hydrogen-bond donors (Lipinski definition) is 0. The Morgan fingerprint density at radius 2 is 1.33 bits per heavy atom. The molecule has 0 bridgehead atoms. The van der Waals surface area contributed by atoms with Crippen LogP contribution in [0.4, 0.5) is 0 Å². The third-order valence-corrected chi connectivity index (χ3v) is 15.4. The molecule has 0 aliphatic heterocycles. The summed E-state index contributed by atoms with van der Waals surface area (Å²) >= 11 is 0.0164. The van der Waals surface area contributed by atoms with E-state index in [4.69, 9.17) is 0 Å². The molecule has 0 aliphatic rings. The van der Waals surface area contributed by atoms with Gasteiger partial charge in [-0.1, -0.05) is 0 Å². The molecule has 0 amide bonds. The van der Waals surface area contributed by atoms with Crippen molar-refractivity contribution >= 4 is 4.09 Å². The van der Waals surface area contributed by atoms with Crippen LogP contribution < -0.4 is 0 Å². The van der Waals surface area contributed by atoms with Crippen LogP contribution in [0, 0.1) is 0 Å². The maximum atomic E-state index is 2.47. The minimum absolute atomic E-state index is 0.0164. The Balaban J connectivity index is 3.17. The van der Waals surface area contributed by atoms with Crippen molar-refractivity contribution in [2.75, 3.05) is 0 Å². The van der Waals surface area contributed by atoms with E-state index in [2.05, 4.69) is 23.4 Å². The van der Waals surface area contributed by atoms with Gasteiger partial charge in [-0.2, -0.15) is 0 Å². The van der Waals surface area contributed by atoms with E-state index in [1.165, 1.54) is 0 Å². The SMILES string of the molecule is [CH3][Y][Si](C)(C)C. The van der Waals surface area contributed by atoms with Gasteiger partial charge < -0.3 is 0 Å². The van der Waals surface area contributed by atoms with Crippen molar-refractivity contribution in [1.29, 1.82) is 0 Å². The summed E-state index contributed by atoms with van der Waals surface area (Å²) in [5.74, 6) is 0. The van der Waals surface area contributed by atoms with Crippen molar-refractivity contribution < 1.29 is 28.2 Å². The first kappa shape index (κ1) is 7.32. The van der Waals surface area contributed by atoms with E-state index in [1.807, 2.05) is 0 Å². The Morgan fingerprint density at radius 1 is 1.17 bits per heavy atom. The molecule has 6 heavy (non-hydrogen) atoms. The fourth-order valence-electron chi connectivity index (χ4n) is 0. The Morgan fingerprint density at radius 3 is 1.33 bits per heavy atom. The summed E-state index contributed by atoms with van der Waals surface area (Å²) in [5.41, 5.74) is 0. The van der Waals surface area contributed by atoms with Gasteiger partial charge in [0.25, 0.3) is 0 Å². The van der Waals surface area contributed by atoms with Crippen LogP contribution in [-0.2, 0) is 28.2 Å². The second-order valence-electron chi connectivity index (χ2n) is 2.65. The molecule has 0 aromatic carbocycles. The van der Waals surface area contributed by atoms with E-state index in [9.17, 15) is 0 Å². The van der Waals surface area contributed by atoms with Crippen molar-refractivity contribution in [1.82, 2.24) is 0 Å². The molecule has 0 unspecified atom stereocenters. The van der Waals surface area contributed by atoms with Crippen LogP contribution in [0.2, 0.25) is 23.4 Å². The van der Waals surface area contributed by atoms with Crippen molar-refractivity contribution in [2.24, 2.45) is 0 Å². The molecule has 0 radical (unpaired) electrons. The normalized spacial score (nSPS) is 10.7. The van der Waals surface area contributed by atoms with Gasteiger partial charge in [-0.15, -0.1) is 0 Å². The summed E-state index contributed by atoms with van der Waals surface area (Å²) in [5, 5.41) is 0. The van der Waals surface area contributed by atoms with E-state index >= 15 is 0 Å². The van der Waals surface area contributed by atoms with E-state index < -0.39 is 4.09 Å². The Bertz CT molecular complexity index is 37.3. The fourth-order valence-corrected chi connectivity index (χ4v) is 0. The van der Waals surface area contributed by atoms with Crippen molar-refractivity contribution in [3.05, 3.63) is 0 Å². The molecule has 0 saturated carbocycles. The number of hydrogen-bond acceptors (Lipinski definition) is 0. The molecular weight excluding hydrogens is 165 g/mol. The van der Waals surface area contributed by atoms with Crippen molar-refractivity contribution in [2.45, 2.75) is 23.4 Å². The molecule has 0 nitrogen and oxygen atoms in total. The van der Waals surface area contributed by atoms with Gasteiger partial charge >= 0.3 is 55.7 Å². The van der Waals surface area contributed by atoms with Gasteiger partial charge in [-0.05, 0) is 0 Å². The van der Waals surface area contributed by atoms with Gasteiger partial charge in [0.2, 0.25) is 0 Å². The Labute approximate surface area is 55.3 Å². The summed E-state index contributed by atoms with van der Waals surface area (Å²) < 4.78 is 2.02. The molecule has 0 atom stereocenters. The molecule has 2 heteroatoms. The third-order valence-electron chi connectivity index (χ3n) is 0.866. The van der Waals surface area contributed by atoms with E-state index in [-0.39, 0.29) is 28.2 Å². The van der Waals surface area contributed by atoms with Gasteiger partial charge in [-0.25, -0.2) is 0 Å². The van der Waals surface area contributed by atoms with Crippen LogP contribution in [0.1, 0.15) is 0 Å². The zero-order chi connectivity index (χ0) is 5.21. The van der Waals surface area contributed by atoms with Crippen molar-refractivity contribution in [3.8, 4) is 0 Å². The summed E-state index contributed by atoms with van der Waals surface area (Å²) in [6, 6.07) is 0. The average Bonchev–Trinajstić information content (AvgIpc) is 1.35. The van der Waals surface area contributed by atoms with Gasteiger partial charge in [0, 0.05) is 0 Å². The summed E-state index contributed by atoms with van der Waals surface area (Å²) in [6.07, 6.45) is 0. The summed E-state index contributed by atoms with van der Waals surface area (Å²) in [7, 11) is 0. The van der Waals surface area contributed by atoms with E-state index in [1.54, 1.807) is 0 Å². The van der Waals surface area contributed by atoms with Crippen molar-refractivity contribution in [3.63, 3.8) is 0 Å². The predicted molar refractivity (Wildman–Crippen MR) is 29.2 cm³/mol. The zero-order valence-corrected chi connectivity index (χ0v) is 8.92. The standard InChI is InChI=1S/C3H9Si.CH3.Y/c1-4(2)3;;/h1-3H3;1H3;. The molecule has 0 saturated heterocycles. The molecule has 0 N–H and O–H groups in total. The molecule has 0 rings (SSSR count). The fraction of sp³-hybridized carbons (Fsp3) is 1.00. The van der Waals surface area contributed by atoms with Crippen LogP contribution >= 0.6 is 0 Å². The maximum absolute atomic E-state index is 2.47. The predicted octanol–water partition coefficient (Wildman–Crippen LogP) is 1.95. The van der Waals surface area contributed by atoms with E-state index in [0.29, 0.717) is 0 Å². The van der Waals surface area contributed by atoms with Crippen LogP contribution in [0.25, 0.3) is 0 Å².